The number of amides is 2. The molecular weight excluding hydrogens is 404 g/mol. The van der Waals surface area contributed by atoms with Gasteiger partial charge in [-0.3, -0.25) is 0 Å². The van der Waals surface area contributed by atoms with E-state index in [2.05, 4.69) is 36.9 Å². The summed E-state index contributed by atoms with van der Waals surface area (Å²) in [5.74, 6) is 2.33. The molecule has 0 aliphatic carbocycles. The molecule has 1 aromatic heterocycles. The van der Waals surface area contributed by atoms with Gasteiger partial charge in [0.25, 0.3) is 0 Å². The van der Waals surface area contributed by atoms with E-state index in [4.69, 9.17) is 4.74 Å². The van der Waals surface area contributed by atoms with Crippen LogP contribution in [-0.2, 0) is 4.74 Å². The number of rotatable bonds is 5. The smallest absolute Gasteiger partial charge is 0.323 e. The molecule has 1 fully saturated rings. The van der Waals surface area contributed by atoms with Gasteiger partial charge in [0.05, 0.1) is 13.2 Å². The number of nitrogens with zero attached hydrogens (tertiary/aromatic N) is 3. The van der Waals surface area contributed by atoms with E-state index in [9.17, 15) is 4.79 Å². The zero-order valence-electron chi connectivity index (χ0n) is 18.6. The monoisotopic (exact) mass is 432 g/mol. The Bertz CT molecular complexity index is 1070. The molecule has 2 amide bonds. The van der Waals surface area contributed by atoms with Crippen LogP contribution < -0.4 is 20.9 Å². The van der Waals surface area contributed by atoms with Crippen molar-refractivity contribution in [3.63, 3.8) is 0 Å². The van der Waals surface area contributed by atoms with E-state index < -0.39 is 0 Å². The average molecular weight is 433 g/mol. The zero-order valence-corrected chi connectivity index (χ0v) is 18.6. The molecule has 3 aromatic rings. The predicted molar refractivity (Wildman–Crippen MR) is 128 cm³/mol. The number of carbonyl (C=O) groups is 1. The zero-order chi connectivity index (χ0) is 22.5. The van der Waals surface area contributed by atoms with Crippen molar-refractivity contribution < 1.29 is 9.53 Å². The SMILES string of the molecule is Cc1cc(C)cc(NC(=O)Nc2ccc(Nc3cc(N4CCOCC4)nc(C)n3)cc2)c1. The van der Waals surface area contributed by atoms with E-state index in [1.807, 2.05) is 63.2 Å². The second-order valence-electron chi connectivity index (χ2n) is 7.92. The summed E-state index contributed by atoms with van der Waals surface area (Å²) in [6, 6.07) is 15.1. The van der Waals surface area contributed by atoms with Crippen molar-refractivity contribution in [3.8, 4) is 0 Å². The van der Waals surface area contributed by atoms with Crippen LogP contribution >= 0.6 is 0 Å². The summed E-state index contributed by atoms with van der Waals surface area (Å²) >= 11 is 0. The molecule has 0 radical (unpaired) electrons. The van der Waals surface area contributed by atoms with Gasteiger partial charge in [-0.1, -0.05) is 6.07 Å². The Kier molecular flexibility index (Phi) is 6.51. The maximum Gasteiger partial charge on any atom is 0.323 e. The maximum atomic E-state index is 12.3. The quantitative estimate of drug-likeness (QED) is 0.545. The van der Waals surface area contributed by atoms with Crippen molar-refractivity contribution in [1.29, 1.82) is 0 Å². The van der Waals surface area contributed by atoms with E-state index in [-0.39, 0.29) is 6.03 Å². The highest BCUT2D eigenvalue weighted by molar-refractivity contribution is 5.99. The normalized spacial score (nSPS) is 13.5. The first kappa shape index (κ1) is 21.6. The molecule has 32 heavy (non-hydrogen) atoms. The molecule has 4 rings (SSSR count). The molecule has 8 heteroatoms. The third-order valence-electron chi connectivity index (χ3n) is 5.05. The lowest BCUT2D eigenvalue weighted by Crippen LogP contribution is -2.36. The van der Waals surface area contributed by atoms with Crippen LogP contribution in [0, 0.1) is 20.8 Å². The number of aromatic nitrogens is 2. The Morgan fingerprint density at radius 1 is 0.844 bits per heavy atom. The summed E-state index contributed by atoms with van der Waals surface area (Å²) in [5.41, 5.74) is 4.55. The minimum absolute atomic E-state index is 0.280. The van der Waals surface area contributed by atoms with Gasteiger partial charge in [0.1, 0.15) is 17.5 Å². The van der Waals surface area contributed by atoms with Crippen molar-refractivity contribution in [3.05, 3.63) is 65.5 Å². The lowest BCUT2D eigenvalue weighted by molar-refractivity contribution is 0.122. The number of benzene rings is 2. The number of urea groups is 1. The van der Waals surface area contributed by atoms with Crippen LogP contribution in [0.4, 0.5) is 33.5 Å². The third-order valence-corrected chi connectivity index (χ3v) is 5.05. The van der Waals surface area contributed by atoms with Gasteiger partial charge in [-0.25, -0.2) is 14.8 Å². The van der Waals surface area contributed by atoms with Crippen LogP contribution in [0.25, 0.3) is 0 Å². The van der Waals surface area contributed by atoms with Crippen molar-refractivity contribution in [1.82, 2.24) is 9.97 Å². The summed E-state index contributed by atoms with van der Waals surface area (Å²) in [7, 11) is 0. The Hall–Kier alpha value is -3.65. The van der Waals surface area contributed by atoms with Crippen LogP contribution in [0.1, 0.15) is 17.0 Å². The summed E-state index contributed by atoms with van der Waals surface area (Å²) in [5, 5.41) is 9.05. The van der Waals surface area contributed by atoms with Crippen LogP contribution in [0.3, 0.4) is 0 Å². The first-order valence-corrected chi connectivity index (χ1v) is 10.7. The fourth-order valence-electron chi connectivity index (χ4n) is 3.70. The molecule has 166 valence electrons. The summed E-state index contributed by atoms with van der Waals surface area (Å²) < 4.78 is 5.42. The van der Waals surface area contributed by atoms with Gasteiger partial charge in [0.15, 0.2) is 0 Å². The predicted octanol–water partition coefficient (Wildman–Crippen LogP) is 4.63. The number of hydrogen-bond acceptors (Lipinski definition) is 6. The lowest BCUT2D eigenvalue weighted by atomic mass is 10.1. The van der Waals surface area contributed by atoms with Crippen molar-refractivity contribution >= 4 is 34.7 Å². The number of nitrogens with one attached hydrogen (secondary N) is 3. The first-order valence-electron chi connectivity index (χ1n) is 10.7. The van der Waals surface area contributed by atoms with Gasteiger partial charge < -0.3 is 25.6 Å². The Balaban J connectivity index is 1.38. The van der Waals surface area contributed by atoms with Crippen molar-refractivity contribution in [2.45, 2.75) is 20.8 Å². The average Bonchev–Trinajstić information content (AvgIpc) is 2.74. The number of morpholine rings is 1. The second kappa shape index (κ2) is 9.65. The number of carbonyl (C=O) groups excluding carboxylic acids is 1. The van der Waals surface area contributed by atoms with E-state index >= 15 is 0 Å². The van der Waals surface area contributed by atoms with Gasteiger partial charge in [-0.05, 0) is 68.3 Å². The molecule has 0 unspecified atom stereocenters. The van der Waals surface area contributed by atoms with Crippen LogP contribution in [-0.4, -0.2) is 42.3 Å². The molecule has 0 spiro atoms. The minimum atomic E-state index is -0.280. The second-order valence-corrected chi connectivity index (χ2v) is 7.92. The van der Waals surface area contributed by atoms with Gasteiger partial charge in [-0.15, -0.1) is 0 Å². The Labute approximate surface area is 188 Å². The molecular formula is C24H28N6O2. The first-order chi connectivity index (χ1) is 15.4. The molecule has 0 atom stereocenters. The van der Waals surface area contributed by atoms with Gasteiger partial charge in [0.2, 0.25) is 0 Å². The maximum absolute atomic E-state index is 12.3. The molecule has 1 aliphatic heterocycles. The third kappa shape index (κ3) is 5.73. The number of aryl methyl sites for hydroxylation is 3. The molecule has 2 heterocycles. The van der Waals surface area contributed by atoms with Crippen molar-refractivity contribution in [2.24, 2.45) is 0 Å². The molecule has 1 aliphatic rings. The number of ether oxygens (including phenoxy) is 1. The highest BCUT2D eigenvalue weighted by Gasteiger charge is 2.14. The van der Waals surface area contributed by atoms with Crippen LogP contribution in [0.2, 0.25) is 0 Å². The van der Waals surface area contributed by atoms with Gasteiger partial charge in [-0.2, -0.15) is 0 Å². The van der Waals surface area contributed by atoms with Gasteiger partial charge in [0, 0.05) is 36.2 Å². The standard InChI is InChI=1S/C24H28N6O2/c1-16-12-17(2)14-21(13-16)29-24(31)28-20-6-4-19(5-7-20)27-22-15-23(26-18(3)25-22)30-8-10-32-11-9-30/h4-7,12-15H,8-11H2,1-3H3,(H,25,26,27)(H2,28,29,31). The topological polar surface area (TPSA) is 91.4 Å². The molecule has 0 saturated carbocycles. The molecule has 2 aromatic carbocycles. The highest BCUT2D eigenvalue weighted by atomic mass is 16.5. The van der Waals surface area contributed by atoms with Crippen molar-refractivity contribution in [2.75, 3.05) is 47.2 Å². The van der Waals surface area contributed by atoms with Gasteiger partial charge >= 0.3 is 6.03 Å². The lowest BCUT2D eigenvalue weighted by Gasteiger charge is -2.28. The summed E-state index contributed by atoms with van der Waals surface area (Å²) in [6.07, 6.45) is 0. The number of anilines is 5. The molecule has 8 nitrogen and oxygen atoms in total. The summed E-state index contributed by atoms with van der Waals surface area (Å²) in [4.78, 5) is 23.6. The Morgan fingerprint density at radius 2 is 1.47 bits per heavy atom. The fraction of sp³-hybridized carbons (Fsp3) is 0.292. The van der Waals surface area contributed by atoms with E-state index in [0.717, 1.165) is 47.2 Å². The minimum Gasteiger partial charge on any atom is -0.378 e. The van der Waals surface area contributed by atoms with E-state index in [0.29, 0.717) is 24.7 Å². The van der Waals surface area contributed by atoms with E-state index in [1.165, 1.54) is 0 Å². The number of hydrogen-bond donors (Lipinski definition) is 3. The van der Waals surface area contributed by atoms with E-state index in [1.54, 1.807) is 0 Å². The molecule has 0 bridgehead atoms. The highest BCUT2D eigenvalue weighted by Crippen LogP contribution is 2.22. The Morgan fingerprint density at radius 3 is 2.16 bits per heavy atom. The van der Waals surface area contributed by atoms with Crippen LogP contribution in [0.5, 0.6) is 0 Å². The molecule has 3 N–H and O–H groups in total. The molecule has 1 saturated heterocycles. The largest absolute Gasteiger partial charge is 0.378 e. The fourth-order valence-corrected chi connectivity index (χ4v) is 3.70. The van der Waals surface area contributed by atoms with Crippen LogP contribution in [0.15, 0.2) is 48.5 Å². The summed E-state index contributed by atoms with van der Waals surface area (Å²) in [6.45, 7) is 8.95.